The van der Waals surface area contributed by atoms with Gasteiger partial charge < -0.3 is 10.6 Å². The van der Waals surface area contributed by atoms with Crippen LogP contribution in [-0.4, -0.2) is 38.4 Å². The summed E-state index contributed by atoms with van der Waals surface area (Å²) in [6.07, 6.45) is 0.583. The predicted octanol–water partition coefficient (Wildman–Crippen LogP) is 0.710. The fourth-order valence-electron chi connectivity index (χ4n) is 2.04. The lowest BCUT2D eigenvalue weighted by molar-refractivity contribution is -0.115. The zero-order valence-corrected chi connectivity index (χ0v) is 11.7. The first kappa shape index (κ1) is 14.0. The second-order valence-electron chi connectivity index (χ2n) is 4.90. The van der Waals surface area contributed by atoms with Crippen LogP contribution in [-0.2, 0) is 14.6 Å². The van der Waals surface area contributed by atoms with Crippen LogP contribution >= 0.6 is 0 Å². The molecule has 1 aromatic rings. The van der Waals surface area contributed by atoms with E-state index in [4.69, 9.17) is 0 Å². The summed E-state index contributed by atoms with van der Waals surface area (Å²) in [5.41, 5.74) is 1.88. The summed E-state index contributed by atoms with van der Waals surface area (Å²) in [4.78, 5) is 11.7. The maximum atomic E-state index is 11.7. The molecule has 1 atom stereocenters. The summed E-state index contributed by atoms with van der Waals surface area (Å²) in [5.74, 6) is 0.183. The van der Waals surface area contributed by atoms with Crippen LogP contribution in [0, 0.1) is 6.92 Å². The third-order valence-corrected chi connectivity index (χ3v) is 4.89. The van der Waals surface area contributed by atoms with Gasteiger partial charge in [-0.2, -0.15) is 0 Å². The first-order valence-corrected chi connectivity index (χ1v) is 8.07. The van der Waals surface area contributed by atoms with Crippen molar-refractivity contribution in [3.63, 3.8) is 0 Å². The average molecular weight is 282 g/mol. The topological polar surface area (TPSA) is 75.3 Å². The molecule has 1 saturated heterocycles. The zero-order chi connectivity index (χ0) is 13.9. The van der Waals surface area contributed by atoms with Gasteiger partial charge in [0.1, 0.15) is 0 Å². The van der Waals surface area contributed by atoms with Crippen molar-refractivity contribution in [2.45, 2.75) is 19.4 Å². The number of amides is 1. The number of carbonyl (C=O) groups is 1. The number of benzene rings is 1. The molecule has 1 fully saturated rings. The van der Waals surface area contributed by atoms with E-state index >= 15 is 0 Å². The van der Waals surface area contributed by atoms with Crippen LogP contribution in [0.4, 0.5) is 5.69 Å². The van der Waals surface area contributed by atoms with Crippen LogP contribution in [0.2, 0.25) is 0 Å². The van der Waals surface area contributed by atoms with Crippen molar-refractivity contribution < 1.29 is 13.2 Å². The first-order valence-electron chi connectivity index (χ1n) is 6.25. The van der Waals surface area contributed by atoms with E-state index in [1.165, 1.54) is 0 Å². The van der Waals surface area contributed by atoms with Crippen molar-refractivity contribution in [3.8, 4) is 0 Å². The summed E-state index contributed by atoms with van der Waals surface area (Å²) in [7, 11) is -2.90. The summed E-state index contributed by atoms with van der Waals surface area (Å²) >= 11 is 0. The number of hydrogen-bond acceptors (Lipinski definition) is 4. The van der Waals surface area contributed by atoms with Gasteiger partial charge in [0.2, 0.25) is 5.91 Å². The highest BCUT2D eigenvalue weighted by atomic mass is 32.2. The highest BCUT2D eigenvalue weighted by molar-refractivity contribution is 7.91. The Morgan fingerprint density at radius 2 is 2.00 bits per heavy atom. The molecule has 104 valence electrons. The van der Waals surface area contributed by atoms with Gasteiger partial charge in [-0.05, 0) is 25.5 Å². The number of carbonyl (C=O) groups excluding carboxylic acids is 1. The number of hydrogen-bond donors (Lipinski definition) is 2. The SMILES string of the molecule is Cc1ccc(NC(=O)CNC2CCS(=O)(=O)C2)cc1. The molecule has 0 aliphatic carbocycles. The number of nitrogens with one attached hydrogen (secondary N) is 2. The normalized spacial score (nSPS) is 21.2. The van der Waals surface area contributed by atoms with Crippen molar-refractivity contribution in [2.24, 2.45) is 0 Å². The fraction of sp³-hybridized carbons (Fsp3) is 0.462. The molecule has 0 saturated carbocycles. The van der Waals surface area contributed by atoms with Crippen LogP contribution in [0.1, 0.15) is 12.0 Å². The minimum absolute atomic E-state index is 0.103. The van der Waals surface area contributed by atoms with E-state index < -0.39 is 9.84 Å². The Balaban J connectivity index is 1.78. The monoisotopic (exact) mass is 282 g/mol. The number of rotatable bonds is 4. The van der Waals surface area contributed by atoms with E-state index in [0.29, 0.717) is 6.42 Å². The van der Waals surface area contributed by atoms with Gasteiger partial charge in [-0.15, -0.1) is 0 Å². The lowest BCUT2D eigenvalue weighted by Crippen LogP contribution is -2.36. The Bertz CT molecular complexity index is 552. The molecular weight excluding hydrogens is 264 g/mol. The summed E-state index contributed by atoms with van der Waals surface area (Å²) in [5, 5.41) is 5.74. The molecular formula is C13H18N2O3S. The molecule has 0 spiro atoms. The van der Waals surface area contributed by atoms with Crippen LogP contribution in [0.15, 0.2) is 24.3 Å². The van der Waals surface area contributed by atoms with E-state index in [1.807, 2.05) is 31.2 Å². The van der Waals surface area contributed by atoms with Crippen molar-refractivity contribution in [3.05, 3.63) is 29.8 Å². The third-order valence-electron chi connectivity index (χ3n) is 3.12. The molecule has 1 aliphatic heterocycles. The largest absolute Gasteiger partial charge is 0.325 e. The molecule has 6 heteroatoms. The second-order valence-corrected chi connectivity index (χ2v) is 7.12. The van der Waals surface area contributed by atoms with Crippen LogP contribution in [0.5, 0.6) is 0 Å². The molecule has 19 heavy (non-hydrogen) atoms. The van der Waals surface area contributed by atoms with Crippen molar-refractivity contribution >= 4 is 21.4 Å². The summed E-state index contributed by atoms with van der Waals surface area (Å²) in [6, 6.07) is 7.42. The second kappa shape index (κ2) is 5.71. The lowest BCUT2D eigenvalue weighted by atomic mass is 10.2. The van der Waals surface area contributed by atoms with E-state index in [9.17, 15) is 13.2 Å². The van der Waals surface area contributed by atoms with E-state index in [-0.39, 0.29) is 30.0 Å². The molecule has 5 nitrogen and oxygen atoms in total. The molecule has 2 rings (SSSR count). The van der Waals surface area contributed by atoms with Gasteiger partial charge in [0.15, 0.2) is 9.84 Å². The molecule has 0 bridgehead atoms. The number of sulfone groups is 1. The maximum absolute atomic E-state index is 11.7. The van der Waals surface area contributed by atoms with Crippen molar-refractivity contribution in [1.29, 1.82) is 0 Å². The van der Waals surface area contributed by atoms with Gasteiger partial charge >= 0.3 is 0 Å². The number of anilines is 1. The highest BCUT2D eigenvalue weighted by Gasteiger charge is 2.27. The van der Waals surface area contributed by atoms with Crippen LogP contribution in [0.25, 0.3) is 0 Å². The molecule has 0 aromatic heterocycles. The number of aryl methyl sites for hydroxylation is 1. The molecule has 0 radical (unpaired) electrons. The van der Waals surface area contributed by atoms with Crippen molar-refractivity contribution in [2.75, 3.05) is 23.4 Å². The Morgan fingerprint density at radius 3 is 2.58 bits per heavy atom. The zero-order valence-electron chi connectivity index (χ0n) is 10.8. The van der Waals surface area contributed by atoms with Gasteiger partial charge in [-0.3, -0.25) is 4.79 Å². The Morgan fingerprint density at radius 1 is 1.32 bits per heavy atom. The quantitative estimate of drug-likeness (QED) is 0.853. The lowest BCUT2D eigenvalue weighted by Gasteiger charge is -2.10. The van der Waals surface area contributed by atoms with E-state index in [1.54, 1.807) is 0 Å². The van der Waals surface area contributed by atoms with Gasteiger partial charge in [-0.1, -0.05) is 17.7 Å². The Kier molecular flexibility index (Phi) is 4.21. The molecule has 1 aromatic carbocycles. The smallest absolute Gasteiger partial charge is 0.238 e. The van der Waals surface area contributed by atoms with Crippen LogP contribution in [0.3, 0.4) is 0 Å². The van der Waals surface area contributed by atoms with Gasteiger partial charge in [0.25, 0.3) is 0 Å². The predicted molar refractivity (Wildman–Crippen MR) is 74.9 cm³/mol. The van der Waals surface area contributed by atoms with Crippen LogP contribution < -0.4 is 10.6 Å². The minimum atomic E-state index is -2.90. The van der Waals surface area contributed by atoms with Gasteiger partial charge in [-0.25, -0.2) is 8.42 Å². The van der Waals surface area contributed by atoms with Gasteiger partial charge in [0.05, 0.1) is 18.1 Å². The minimum Gasteiger partial charge on any atom is -0.325 e. The standard InChI is InChI=1S/C13H18N2O3S/c1-10-2-4-11(5-3-10)15-13(16)8-14-12-6-7-19(17,18)9-12/h2-5,12,14H,6-9H2,1H3,(H,15,16). The van der Waals surface area contributed by atoms with E-state index in [0.717, 1.165) is 11.3 Å². The first-order chi connectivity index (χ1) is 8.94. The van der Waals surface area contributed by atoms with Gasteiger partial charge in [0, 0.05) is 11.7 Å². The average Bonchev–Trinajstić information content (AvgIpc) is 2.69. The molecule has 2 N–H and O–H groups in total. The molecule has 1 aliphatic rings. The summed E-state index contributed by atoms with van der Waals surface area (Å²) < 4.78 is 22.5. The summed E-state index contributed by atoms with van der Waals surface area (Å²) in [6.45, 7) is 2.11. The Labute approximate surface area is 113 Å². The fourth-order valence-corrected chi connectivity index (χ4v) is 3.74. The molecule has 1 unspecified atom stereocenters. The highest BCUT2D eigenvalue weighted by Crippen LogP contribution is 2.11. The Hall–Kier alpha value is -1.40. The molecule has 1 heterocycles. The van der Waals surface area contributed by atoms with Crippen molar-refractivity contribution in [1.82, 2.24) is 5.32 Å². The maximum Gasteiger partial charge on any atom is 0.238 e. The third kappa shape index (κ3) is 4.33. The molecule has 1 amide bonds. The van der Waals surface area contributed by atoms with E-state index in [2.05, 4.69) is 10.6 Å².